The molecule has 0 saturated heterocycles. The van der Waals surface area contributed by atoms with Gasteiger partial charge in [-0.25, -0.2) is 0 Å². The third-order valence-electron chi connectivity index (χ3n) is 4.15. The minimum Gasteiger partial charge on any atom is -0.396 e. The van der Waals surface area contributed by atoms with Gasteiger partial charge in [0, 0.05) is 25.1 Å². The first kappa shape index (κ1) is 14.0. The van der Waals surface area contributed by atoms with Crippen LogP contribution in [-0.4, -0.2) is 36.2 Å². The van der Waals surface area contributed by atoms with Gasteiger partial charge in [0.1, 0.15) is 0 Å². The molecule has 16 heavy (non-hydrogen) atoms. The molecule has 1 saturated carbocycles. The van der Waals surface area contributed by atoms with E-state index < -0.39 is 0 Å². The lowest BCUT2D eigenvalue weighted by Gasteiger charge is -2.36. The lowest BCUT2D eigenvalue weighted by atomic mass is 9.82. The highest BCUT2D eigenvalue weighted by atomic mass is 16.3. The summed E-state index contributed by atoms with van der Waals surface area (Å²) >= 11 is 0. The van der Waals surface area contributed by atoms with Crippen LogP contribution in [0.1, 0.15) is 52.9 Å². The molecule has 0 aromatic carbocycles. The fraction of sp³-hybridized carbons (Fsp3) is 1.00. The van der Waals surface area contributed by atoms with Crippen molar-refractivity contribution in [1.29, 1.82) is 0 Å². The molecule has 0 aromatic heterocycles. The Kier molecular flexibility index (Phi) is 5.77. The normalized spacial score (nSPS) is 17.1. The standard InChI is InChI=1S/C14H29NO/c1-4-9-15(10-13-7-8-13)11-14(5-2,6-3)12-16/h13,16H,4-12H2,1-3H3. The zero-order valence-electron chi connectivity index (χ0n) is 11.3. The first-order chi connectivity index (χ1) is 7.69. The first-order valence-electron chi connectivity index (χ1n) is 7.03. The van der Waals surface area contributed by atoms with Crippen molar-refractivity contribution in [3.8, 4) is 0 Å². The maximum Gasteiger partial charge on any atom is 0.0499 e. The van der Waals surface area contributed by atoms with Crippen LogP contribution in [0.25, 0.3) is 0 Å². The summed E-state index contributed by atoms with van der Waals surface area (Å²) in [5, 5.41) is 9.62. The van der Waals surface area contributed by atoms with Crippen molar-refractivity contribution in [2.75, 3.05) is 26.2 Å². The second-order valence-corrected chi connectivity index (χ2v) is 5.54. The number of rotatable bonds is 9. The van der Waals surface area contributed by atoms with E-state index in [1.807, 2.05) is 0 Å². The summed E-state index contributed by atoms with van der Waals surface area (Å²) in [6.07, 6.45) is 6.24. The molecule has 0 unspecified atom stereocenters. The average molecular weight is 227 g/mol. The Morgan fingerprint density at radius 3 is 2.19 bits per heavy atom. The number of hydrogen-bond acceptors (Lipinski definition) is 2. The zero-order chi connectivity index (χ0) is 12.0. The van der Waals surface area contributed by atoms with Crippen LogP contribution in [0.4, 0.5) is 0 Å². The van der Waals surface area contributed by atoms with Gasteiger partial charge in [-0.3, -0.25) is 0 Å². The van der Waals surface area contributed by atoms with Gasteiger partial charge >= 0.3 is 0 Å². The van der Waals surface area contributed by atoms with Crippen LogP contribution in [0, 0.1) is 11.3 Å². The maximum atomic E-state index is 9.62. The Hall–Kier alpha value is -0.0800. The average Bonchev–Trinajstić information content (AvgIpc) is 3.10. The molecule has 1 N–H and O–H groups in total. The molecule has 1 aliphatic rings. The minimum atomic E-state index is 0.143. The Bertz CT molecular complexity index is 177. The fourth-order valence-electron chi connectivity index (χ4n) is 2.44. The van der Waals surface area contributed by atoms with Crippen LogP contribution in [-0.2, 0) is 0 Å². The maximum absolute atomic E-state index is 9.62. The van der Waals surface area contributed by atoms with Crippen molar-refractivity contribution < 1.29 is 5.11 Å². The summed E-state index contributed by atoms with van der Waals surface area (Å²) in [6.45, 7) is 10.5. The van der Waals surface area contributed by atoms with Crippen molar-refractivity contribution >= 4 is 0 Å². The largest absolute Gasteiger partial charge is 0.396 e. The zero-order valence-corrected chi connectivity index (χ0v) is 11.3. The van der Waals surface area contributed by atoms with Crippen LogP contribution < -0.4 is 0 Å². The van der Waals surface area contributed by atoms with Crippen LogP contribution in [0.5, 0.6) is 0 Å². The molecule has 0 bridgehead atoms. The van der Waals surface area contributed by atoms with Gasteiger partial charge in [0.15, 0.2) is 0 Å². The van der Waals surface area contributed by atoms with Gasteiger partial charge in [-0.1, -0.05) is 20.8 Å². The topological polar surface area (TPSA) is 23.5 Å². The van der Waals surface area contributed by atoms with E-state index in [9.17, 15) is 5.11 Å². The second kappa shape index (κ2) is 6.61. The molecule has 0 aromatic rings. The van der Waals surface area contributed by atoms with Crippen LogP contribution in [0.15, 0.2) is 0 Å². The SMILES string of the molecule is CCCN(CC1CC1)CC(CC)(CC)CO. The Morgan fingerprint density at radius 2 is 1.81 bits per heavy atom. The summed E-state index contributed by atoms with van der Waals surface area (Å²) in [6, 6.07) is 0. The highest BCUT2D eigenvalue weighted by Gasteiger charge is 2.30. The summed E-state index contributed by atoms with van der Waals surface area (Å²) in [5.41, 5.74) is 0.143. The first-order valence-corrected chi connectivity index (χ1v) is 7.03. The van der Waals surface area contributed by atoms with Gasteiger partial charge in [0.05, 0.1) is 0 Å². The molecule has 2 nitrogen and oxygen atoms in total. The van der Waals surface area contributed by atoms with E-state index in [2.05, 4.69) is 25.7 Å². The van der Waals surface area contributed by atoms with E-state index in [1.165, 1.54) is 32.4 Å². The van der Waals surface area contributed by atoms with E-state index in [-0.39, 0.29) is 5.41 Å². The number of hydrogen-bond donors (Lipinski definition) is 1. The highest BCUT2D eigenvalue weighted by Crippen LogP contribution is 2.32. The molecule has 0 radical (unpaired) electrons. The Morgan fingerprint density at radius 1 is 1.19 bits per heavy atom. The molecule has 0 amide bonds. The summed E-state index contributed by atoms with van der Waals surface area (Å²) in [5.74, 6) is 0.955. The minimum absolute atomic E-state index is 0.143. The van der Waals surface area contributed by atoms with E-state index in [0.29, 0.717) is 6.61 Å². The Labute approximate surface area is 101 Å². The molecule has 0 atom stereocenters. The quantitative estimate of drug-likeness (QED) is 0.654. The summed E-state index contributed by atoms with van der Waals surface area (Å²) in [7, 11) is 0. The lowest BCUT2D eigenvalue weighted by molar-refractivity contribution is 0.0636. The van der Waals surface area contributed by atoms with Gasteiger partial charge in [-0.05, 0) is 44.6 Å². The van der Waals surface area contributed by atoms with Crippen LogP contribution >= 0.6 is 0 Å². The predicted octanol–water partition coefficient (Wildman–Crippen LogP) is 2.91. The Balaban J connectivity index is 2.48. The molecular formula is C14H29NO. The molecule has 0 aliphatic heterocycles. The molecule has 96 valence electrons. The van der Waals surface area contributed by atoms with Crippen molar-refractivity contribution in [1.82, 2.24) is 4.90 Å². The van der Waals surface area contributed by atoms with E-state index in [4.69, 9.17) is 0 Å². The molecule has 2 heteroatoms. The van der Waals surface area contributed by atoms with Crippen LogP contribution in [0.2, 0.25) is 0 Å². The summed E-state index contributed by atoms with van der Waals surface area (Å²) < 4.78 is 0. The van der Waals surface area contributed by atoms with E-state index in [0.717, 1.165) is 25.3 Å². The second-order valence-electron chi connectivity index (χ2n) is 5.54. The monoisotopic (exact) mass is 227 g/mol. The number of aliphatic hydroxyl groups is 1. The lowest BCUT2D eigenvalue weighted by Crippen LogP contribution is -2.41. The molecular weight excluding hydrogens is 198 g/mol. The van der Waals surface area contributed by atoms with Gasteiger partial charge in [0.25, 0.3) is 0 Å². The van der Waals surface area contributed by atoms with E-state index in [1.54, 1.807) is 0 Å². The molecule has 1 fully saturated rings. The third kappa shape index (κ3) is 4.06. The van der Waals surface area contributed by atoms with E-state index >= 15 is 0 Å². The molecule has 1 aliphatic carbocycles. The number of aliphatic hydroxyl groups excluding tert-OH is 1. The molecule has 1 rings (SSSR count). The predicted molar refractivity (Wildman–Crippen MR) is 69.6 cm³/mol. The smallest absolute Gasteiger partial charge is 0.0499 e. The van der Waals surface area contributed by atoms with Gasteiger partial charge in [-0.15, -0.1) is 0 Å². The molecule has 0 heterocycles. The van der Waals surface area contributed by atoms with Crippen molar-refractivity contribution in [3.63, 3.8) is 0 Å². The fourth-order valence-corrected chi connectivity index (χ4v) is 2.44. The van der Waals surface area contributed by atoms with Crippen LogP contribution in [0.3, 0.4) is 0 Å². The van der Waals surface area contributed by atoms with Gasteiger partial charge in [0.2, 0.25) is 0 Å². The van der Waals surface area contributed by atoms with Crippen molar-refractivity contribution in [2.24, 2.45) is 11.3 Å². The van der Waals surface area contributed by atoms with Gasteiger partial charge < -0.3 is 10.0 Å². The summed E-state index contributed by atoms with van der Waals surface area (Å²) in [4.78, 5) is 2.58. The van der Waals surface area contributed by atoms with Crippen molar-refractivity contribution in [3.05, 3.63) is 0 Å². The van der Waals surface area contributed by atoms with Crippen molar-refractivity contribution in [2.45, 2.75) is 52.9 Å². The molecule has 0 spiro atoms. The van der Waals surface area contributed by atoms with Gasteiger partial charge in [-0.2, -0.15) is 0 Å². The third-order valence-corrected chi connectivity index (χ3v) is 4.15. The number of nitrogens with zero attached hydrogens (tertiary/aromatic N) is 1. The highest BCUT2D eigenvalue weighted by molar-refractivity contribution is 4.83.